The number of fused-ring (bicyclic) bond motifs is 1. The van der Waals surface area contributed by atoms with E-state index in [0.717, 1.165) is 29.5 Å². The van der Waals surface area contributed by atoms with Gasteiger partial charge in [-0.05, 0) is 49.9 Å². The Morgan fingerprint density at radius 3 is 2.56 bits per heavy atom. The fraction of sp³-hybridized carbons (Fsp3) is 0.192. The van der Waals surface area contributed by atoms with Gasteiger partial charge in [0.2, 0.25) is 0 Å². The Bertz CT molecular complexity index is 1500. The van der Waals surface area contributed by atoms with Gasteiger partial charge in [-0.15, -0.1) is 11.3 Å². The molecule has 1 heterocycles. The molecule has 1 aliphatic carbocycles. The minimum absolute atomic E-state index is 0.0234. The summed E-state index contributed by atoms with van der Waals surface area (Å²) in [5.74, 6) is -3.61. The van der Waals surface area contributed by atoms with Crippen LogP contribution in [0.25, 0.3) is 0 Å². The van der Waals surface area contributed by atoms with E-state index in [-0.39, 0.29) is 34.0 Å². The maximum Gasteiger partial charge on any atom is 0.350 e. The van der Waals surface area contributed by atoms with E-state index in [1.165, 1.54) is 47.7 Å². The van der Waals surface area contributed by atoms with E-state index in [2.05, 4.69) is 15.8 Å². The van der Waals surface area contributed by atoms with Crippen LogP contribution < -0.4 is 15.5 Å². The largest absolute Gasteiger partial charge is 0.462 e. The molecule has 0 aliphatic heterocycles. The van der Waals surface area contributed by atoms with E-state index in [0.29, 0.717) is 6.42 Å². The quantitative estimate of drug-likeness (QED) is 0.107. The molecule has 0 spiro atoms. The maximum absolute atomic E-state index is 12.6. The van der Waals surface area contributed by atoms with Crippen LogP contribution in [0.5, 0.6) is 5.75 Å². The predicted octanol–water partition coefficient (Wildman–Crippen LogP) is 3.63. The first kappa shape index (κ1) is 27.1. The molecule has 4 rings (SSSR count). The number of nitro groups is 1. The lowest BCUT2D eigenvalue weighted by Gasteiger charge is -2.08. The van der Waals surface area contributed by atoms with Crippen LogP contribution in [0.2, 0.25) is 0 Å². The number of hydrogen-bond acceptors (Lipinski definition) is 10. The van der Waals surface area contributed by atoms with Gasteiger partial charge in [0.25, 0.3) is 5.69 Å². The van der Waals surface area contributed by atoms with Crippen molar-refractivity contribution in [3.8, 4) is 5.75 Å². The Hall–Kier alpha value is -4.91. The smallest absolute Gasteiger partial charge is 0.350 e. The standard InChI is InChI=1S/C26H22N4O8S/c1-2-37-26(34)21-17-10-7-13-20(17)39-24(21)28-22(31)23(32)29-27-14-15-8-3-6-12-19(15)38-25(33)16-9-4-5-11-18(16)30(35)36/h3-6,8-9,11-12,14H,2,7,10,13H2,1H3,(H,28,31)(H,29,32)/b27-14+. The average molecular weight is 551 g/mol. The van der Waals surface area contributed by atoms with Gasteiger partial charge in [-0.25, -0.2) is 15.0 Å². The number of carbonyl (C=O) groups is 4. The summed E-state index contributed by atoms with van der Waals surface area (Å²) in [4.78, 5) is 61.4. The van der Waals surface area contributed by atoms with Gasteiger partial charge < -0.3 is 14.8 Å². The second-order valence-electron chi connectivity index (χ2n) is 8.14. The van der Waals surface area contributed by atoms with Crippen molar-refractivity contribution in [3.63, 3.8) is 0 Å². The highest BCUT2D eigenvalue weighted by molar-refractivity contribution is 7.17. The molecule has 2 N–H and O–H groups in total. The fourth-order valence-electron chi connectivity index (χ4n) is 3.92. The molecule has 13 heteroatoms. The van der Waals surface area contributed by atoms with Gasteiger partial charge in [0, 0.05) is 16.5 Å². The van der Waals surface area contributed by atoms with E-state index in [1.54, 1.807) is 19.1 Å². The summed E-state index contributed by atoms with van der Waals surface area (Å²) in [6.07, 6.45) is 3.52. The van der Waals surface area contributed by atoms with Gasteiger partial charge in [-0.2, -0.15) is 5.10 Å². The highest BCUT2D eigenvalue weighted by atomic mass is 32.1. The first-order valence-electron chi connectivity index (χ1n) is 11.8. The van der Waals surface area contributed by atoms with Crippen molar-refractivity contribution in [2.75, 3.05) is 11.9 Å². The van der Waals surface area contributed by atoms with Crippen LogP contribution in [-0.2, 0) is 27.2 Å². The first-order valence-corrected chi connectivity index (χ1v) is 12.6. The molecular weight excluding hydrogens is 528 g/mol. The second kappa shape index (κ2) is 12.1. The van der Waals surface area contributed by atoms with Crippen molar-refractivity contribution >= 4 is 52.0 Å². The summed E-state index contributed by atoms with van der Waals surface area (Å²) in [6, 6.07) is 11.5. The van der Waals surface area contributed by atoms with Gasteiger partial charge in [-0.1, -0.05) is 24.3 Å². The number of ether oxygens (including phenoxy) is 2. The van der Waals surface area contributed by atoms with E-state index >= 15 is 0 Å². The first-order chi connectivity index (χ1) is 18.8. The van der Waals surface area contributed by atoms with Crippen molar-refractivity contribution in [3.05, 3.63) is 85.8 Å². The molecule has 0 unspecified atom stereocenters. The molecular formula is C26H22N4O8S. The van der Waals surface area contributed by atoms with Gasteiger partial charge in [0.15, 0.2) is 0 Å². The number of para-hydroxylation sites is 2. The lowest BCUT2D eigenvalue weighted by Crippen LogP contribution is -2.32. The van der Waals surface area contributed by atoms with Crippen molar-refractivity contribution in [2.45, 2.75) is 26.2 Å². The van der Waals surface area contributed by atoms with E-state index < -0.39 is 34.4 Å². The van der Waals surface area contributed by atoms with Crippen LogP contribution in [-0.4, -0.2) is 41.5 Å². The third kappa shape index (κ3) is 6.15. The molecule has 0 atom stereocenters. The molecule has 0 saturated carbocycles. The van der Waals surface area contributed by atoms with E-state index in [9.17, 15) is 29.3 Å². The third-order valence-electron chi connectivity index (χ3n) is 5.65. The zero-order chi connectivity index (χ0) is 27.9. The molecule has 1 aromatic heterocycles. The molecule has 12 nitrogen and oxygen atoms in total. The summed E-state index contributed by atoms with van der Waals surface area (Å²) < 4.78 is 10.4. The Morgan fingerprint density at radius 1 is 1.05 bits per heavy atom. The summed E-state index contributed by atoms with van der Waals surface area (Å²) in [5, 5.41) is 17.7. The molecule has 200 valence electrons. The SMILES string of the molecule is CCOC(=O)c1c(NC(=O)C(=O)N/N=C/c2ccccc2OC(=O)c2ccccc2[N+](=O)[O-])sc2c1CCC2. The van der Waals surface area contributed by atoms with Crippen LogP contribution in [0.4, 0.5) is 10.7 Å². The molecule has 0 fully saturated rings. The number of aryl methyl sites for hydroxylation is 1. The summed E-state index contributed by atoms with van der Waals surface area (Å²) in [7, 11) is 0. The van der Waals surface area contributed by atoms with Crippen molar-refractivity contribution in [1.82, 2.24) is 5.43 Å². The lowest BCUT2D eigenvalue weighted by atomic mass is 10.1. The highest BCUT2D eigenvalue weighted by Gasteiger charge is 2.29. The molecule has 3 aromatic rings. The third-order valence-corrected chi connectivity index (χ3v) is 6.85. The van der Waals surface area contributed by atoms with Gasteiger partial charge in [0.1, 0.15) is 16.3 Å². The zero-order valence-electron chi connectivity index (χ0n) is 20.6. The lowest BCUT2D eigenvalue weighted by molar-refractivity contribution is -0.385. The molecule has 0 bridgehead atoms. The average Bonchev–Trinajstić information content (AvgIpc) is 3.50. The number of rotatable bonds is 8. The predicted molar refractivity (Wildman–Crippen MR) is 141 cm³/mol. The second-order valence-corrected chi connectivity index (χ2v) is 9.24. The normalized spacial score (nSPS) is 12.0. The minimum atomic E-state index is -1.09. The van der Waals surface area contributed by atoms with Gasteiger partial charge in [-0.3, -0.25) is 19.7 Å². The number of carbonyl (C=O) groups excluding carboxylic acids is 4. The molecule has 39 heavy (non-hydrogen) atoms. The minimum Gasteiger partial charge on any atom is -0.462 e. The zero-order valence-corrected chi connectivity index (χ0v) is 21.4. The molecule has 0 saturated heterocycles. The Labute approximate surface area is 225 Å². The van der Waals surface area contributed by atoms with Crippen LogP contribution in [0, 0.1) is 10.1 Å². The number of hydrogen-bond donors (Lipinski definition) is 2. The Morgan fingerprint density at radius 2 is 1.79 bits per heavy atom. The molecule has 1 aliphatic rings. The Kier molecular flexibility index (Phi) is 8.41. The number of benzene rings is 2. The van der Waals surface area contributed by atoms with Crippen LogP contribution in [0.3, 0.4) is 0 Å². The van der Waals surface area contributed by atoms with Gasteiger partial charge >= 0.3 is 23.8 Å². The van der Waals surface area contributed by atoms with E-state index in [4.69, 9.17) is 9.47 Å². The number of nitro benzene ring substituents is 1. The summed E-state index contributed by atoms with van der Waals surface area (Å²) in [6.45, 7) is 1.85. The topological polar surface area (TPSA) is 166 Å². The highest BCUT2D eigenvalue weighted by Crippen LogP contribution is 2.39. The monoisotopic (exact) mass is 550 g/mol. The number of thiophene rings is 1. The number of hydrazone groups is 1. The van der Waals surface area contributed by atoms with Crippen molar-refractivity contribution < 1.29 is 33.6 Å². The number of esters is 2. The number of nitrogens with one attached hydrogen (secondary N) is 2. The van der Waals surface area contributed by atoms with Crippen molar-refractivity contribution in [2.24, 2.45) is 5.10 Å². The number of nitrogens with zero attached hydrogens (tertiary/aromatic N) is 2. The summed E-state index contributed by atoms with van der Waals surface area (Å²) in [5.41, 5.74) is 2.80. The number of anilines is 1. The maximum atomic E-state index is 12.6. The van der Waals surface area contributed by atoms with Crippen LogP contribution >= 0.6 is 11.3 Å². The summed E-state index contributed by atoms with van der Waals surface area (Å²) >= 11 is 1.24. The Balaban J connectivity index is 1.43. The van der Waals surface area contributed by atoms with E-state index in [1.807, 2.05) is 0 Å². The van der Waals surface area contributed by atoms with Crippen molar-refractivity contribution in [1.29, 1.82) is 0 Å². The molecule has 0 radical (unpaired) electrons. The molecule has 2 aromatic carbocycles. The van der Waals surface area contributed by atoms with Crippen LogP contribution in [0.1, 0.15) is 50.1 Å². The van der Waals surface area contributed by atoms with Gasteiger partial charge in [0.05, 0.1) is 23.3 Å². The fourth-order valence-corrected chi connectivity index (χ4v) is 5.20. The molecule has 2 amide bonds. The van der Waals surface area contributed by atoms with Crippen LogP contribution in [0.15, 0.2) is 53.6 Å². The number of amides is 2.